The van der Waals surface area contributed by atoms with Crippen LogP contribution in [-0.2, 0) is 0 Å². The SMILES string of the molecule is Cc1cc2c(Br)ccc(F)c2nc1NN. The maximum Gasteiger partial charge on any atom is 0.149 e. The topological polar surface area (TPSA) is 50.9 Å². The predicted octanol–water partition coefficient (Wildman–Crippen LogP) is 2.73. The molecule has 0 radical (unpaired) electrons. The van der Waals surface area contributed by atoms with E-state index in [-0.39, 0.29) is 5.82 Å². The highest BCUT2D eigenvalue weighted by molar-refractivity contribution is 9.10. The molecule has 0 saturated heterocycles. The third-order valence-corrected chi connectivity index (χ3v) is 2.90. The molecular formula is C10H9BrFN3. The monoisotopic (exact) mass is 269 g/mol. The summed E-state index contributed by atoms with van der Waals surface area (Å²) < 4.78 is 14.3. The fraction of sp³-hybridized carbons (Fsp3) is 0.100. The molecule has 1 heterocycles. The van der Waals surface area contributed by atoms with E-state index in [0.717, 1.165) is 15.4 Å². The van der Waals surface area contributed by atoms with Gasteiger partial charge >= 0.3 is 0 Å². The second kappa shape index (κ2) is 3.75. The van der Waals surface area contributed by atoms with Gasteiger partial charge in [0, 0.05) is 9.86 Å². The molecule has 2 aromatic rings. The molecule has 0 aliphatic carbocycles. The average Bonchev–Trinajstić information content (AvgIpc) is 2.23. The Hall–Kier alpha value is -1.20. The first-order chi connectivity index (χ1) is 7.13. The molecule has 0 amide bonds. The summed E-state index contributed by atoms with van der Waals surface area (Å²) in [5.74, 6) is 5.41. The van der Waals surface area contributed by atoms with Crippen molar-refractivity contribution < 1.29 is 4.39 Å². The highest BCUT2D eigenvalue weighted by Gasteiger charge is 2.08. The van der Waals surface area contributed by atoms with E-state index in [0.29, 0.717) is 11.3 Å². The lowest BCUT2D eigenvalue weighted by molar-refractivity contribution is 0.636. The van der Waals surface area contributed by atoms with Gasteiger partial charge in [-0.2, -0.15) is 0 Å². The molecule has 0 spiro atoms. The first-order valence-corrected chi connectivity index (χ1v) is 5.14. The number of hydrogen-bond acceptors (Lipinski definition) is 3. The summed E-state index contributed by atoms with van der Waals surface area (Å²) in [6.45, 7) is 1.86. The van der Waals surface area contributed by atoms with Crippen LogP contribution >= 0.6 is 15.9 Å². The van der Waals surface area contributed by atoms with Crippen LogP contribution in [0.5, 0.6) is 0 Å². The van der Waals surface area contributed by atoms with E-state index in [9.17, 15) is 4.39 Å². The number of fused-ring (bicyclic) bond motifs is 1. The van der Waals surface area contributed by atoms with Gasteiger partial charge in [0.15, 0.2) is 0 Å². The molecule has 1 aromatic carbocycles. The molecule has 0 bridgehead atoms. The van der Waals surface area contributed by atoms with Crippen molar-refractivity contribution in [1.29, 1.82) is 0 Å². The van der Waals surface area contributed by atoms with Crippen molar-refractivity contribution in [1.82, 2.24) is 4.98 Å². The van der Waals surface area contributed by atoms with E-state index in [1.54, 1.807) is 6.07 Å². The summed E-state index contributed by atoms with van der Waals surface area (Å²) in [5, 5.41) is 0.742. The van der Waals surface area contributed by atoms with Crippen molar-refractivity contribution in [3.63, 3.8) is 0 Å². The molecule has 0 aliphatic rings. The Morgan fingerprint density at radius 1 is 1.47 bits per heavy atom. The molecule has 0 atom stereocenters. The van der Waals surface area contributed by atoms with Gasteiger partial charge in [-0.05, 0) is 30.7 Å². The van der Waals surface area contributed by atoms with Crippen molar-refractivity contribution >= 4 is 32.7 Å². The highest BCUT2D eigenvalue weighted by Crippen LogP contribution is 2.27. The molecule has 3 nitrogen and oxygen atoms in total. The number of rotatable bonds is 1. The summed E-state index contributed by atoms with van der Waals surface area (Å²) in [4.78, 5) is 4.11. The molecule has 0 aliphatic heterocycles. The number of benzene rings is 1. The van der Waals surface area contributed by atoms with Gasteiger partial charge in [0.05, 0.1) is 0 Å². The number of pyridine rings is 1. The van der Waals surface area contributed by atoms with Crippen LogP contribution in [0.3, 0.4) is 0 Å². The molecule has 0 unspecified atom stereocenters. The number of hydrazine groups is 1. The van der Waals surface area contributed by atoms with Crippen LogP contribution < -0.4 is 11.3 Å². The fourth-order valence-electron chi connectivity index (χ4n) is 1.44. The summed E-state index contributed by atoms with van der Waals surface area (Å²) in [5.41, 5.74) is 3.62. The molecule has 1 aromatic heterocycles. The zero-order valence-electron chi connectivity index (χ0n) is 8.01. The molecule has 0 saturated carbocycles. The lowest BCUT2D eigenvalue weighted by Crippen LogP contribution is -2.10. The predicted molar refractivity (Wildman–Crippen MR) is 61.9 cm³/mol. The van der Waals surface area contributed by atoms with Crippen LogP contribution in [-0.4, -0.2) is 4.98 Å². The van der Waals surface area contributed by atoms with Crippen molar-refractivity contribution in [2.24, 2.45) is 5.84 Å². The Balaban J connectivity index is 2.86. The maximum atomic E-state index is 13.5. The van der Waals surface area contributed by atoms with Crippen molar-refractivity contribution in [2.75, 3.05) is 5.43 Å². The Bertz CT molecular complexity index is 528. The second-order valence-electron chi connectivity index (χ2n) is 3.22. The van der Waals surface area contributed by atoms with Gasteiger partial charge in [-0.25, -0.2) is 15.2 Å². The number of hydrogen-bond donors (Lipinski definition) is 2. The number of nitrogens with two attached hydrogens (primary N) is 1. The maximum absolute atomic E-state index is 13.5. The zero-order valence-corrected chi connectivity index (χ0v) is 9.60. The Morgan fingerprint density at radius 2 is 2.20 bits per heavy atom. The van der Waals surface area contributed by atoms with Crippen LogP contribution in [0, 0.1) is 12.7 Å². The van der Waals surface area contributed by atoms with Gasteiger partial charge in [-0.15, -0.1) is 0 Å². The lowest BCUT2D eigenvalue weighted by Gasteiger charge is -2.07. The smallest absolute Gasteiger partial charge is 0.149 e. The Labute approximate surface area is 94.6 Å². The normalized spacial score (nSPS) is 10.7. The van der Waals surface area contributed by atoms with E-state index in [1.165, 1.54) is 6.07 Å². The number of nitrogen functional groups attached to an aromatic ring is 1. The molecule has 0 fully saturated rings. The first kappa shape index (κ1) is 10.3. The van der Waals surface area contributed by atoms with Gasteiger partial charge in [0.2, 0.25) is 0 Å². The van der Waals surface area contributed by atoms with Gasteiger partial charge in [0.25, 0.3) is 0 Å². The molecular weight excluding hydrogens is 261 g/mol. The van der Waals surface area contributed by atoms with Crippen molar-refractivity contribution in [3.8, 4) is 0 Å². The Morgan fingerprint density at radius 3 is 2.87 bits per heavy atom. The van der Waals surface area contributed by atoms with Crippen molar-refractivity contribution in [2.45, 2.75) is 6.92 Å². The molecule has 5 heteroatoms. The van der Waals surface area contributed by atoms with Gasteiger partial charge in [0.1, 0.15) is 17.2 Å². The van der Waals surface area contributed by atoms with Crippen LogP contribution in [0.25, 0.3) is 10.9 Å². The fourth-order valence-corrected chi connectivity index (χ4v) is 1.87. The van der Waals surface area contributed by atoms with E-state index in [1.807, 2.05) is 13.0 Å². The first-order valence-electron chi connectivity index (χ1n) is 4.35. The average molecular weight is 270 g/mol. The van der Waals surface area contributed by atoms with Crippen LogP contribution in [0.2, 0.25) is 0 Å². The van der Waals surface area contributed by atoms with E-state index in [2.05, 4.69) is 26.3 Å². The van der Waals surface area contributed by atoms with Crippen molar-refractivity contribution in [3.05, 3.63) is 34.1 Å². The largest absolute Gasteiger partial charge is 0.308 e. The number of halogens is 2. The number of nitrogens with zero attached hydrogens (tertiary/aromatic N) is 1. The molecule has 3 N–H and O–H groups in total. The minimum absolute atomic E-state index is 0.308. The molecule has 15 heavy (non-hydrogen) atoms. The summed E-state index contributed by atoms with van der Waals surface area (Å²) in [6.07, 6.45) is 0. The summed E-state index contributed by atoms with van der Waals surface area (Å²) in [7, 11) is 0. The van der Waals surface area contributed by atoms with Crippen LogP contribution in [0.1, 0.15) is 5.56 Å². The third kappa shape index (κ3) is 1.68. The molecule has 2 rings (SSSR count). The minimum atomic E-state index is -0.357. The van der Waals surface area contributed by atoms with Crippen LogP contribution in [0.4, 0.5) is 10.2 Å². The van der Waals surface area contributed by atoms with Gasteiger partial charge in [-0.1, -0.05) is 15.9 Å². The second-order valence-corrected chi connectivity index (χ2v) is 4.08. The van der Waals surface area contributed by atoms with E-state index >= 15 is 0 Å². The summed E-state index contributed by atoms with van der Waals surface area (Å²) >= 11 is 3.35. The van der Waals surface area contributed by atoms with Crippen LogP contribution in [0.15, 0.2) is 22.7 Å². The number of aromatic nitrogens is 1. The number of anilines is 1. The number of nitrogens with one attached hydrogen (secondary N) is 1. The van der Waals surface area contributed by atoms with Gasteiger partial charge < -0.3 is 5.43 Å². The highest BCUT2D eigenvalue weighted by atomic mass is 79.9. The number of aryl methyl sites for hydroxylation is 1. The standard InChI is InChI=1S/C10H9BrFN3/c1-5-4-6-7(11)2-3-8(12)9(6)14-10(5)15-13/h2-4H,13H2,1H3,(H,14,15). The quantitative estimate of drug-likeness (QED) is 0.618. The van der Waals surface area contributed by atoms with Gasteiger partial charge in [-0.3, -0.25) is 0 Å². The summed E-state index contributed by atoms with van der Waals surface area (Å²) in [6, 6.07) is 4.87. The zero-order chi connectivity index (χ0) is 11.0. The van der Waals surface area contributed by atoms with E-state index in [4.69, 9.17) is 5.84 Å². The Kier molecular flexibility index (Phi) is 2.58. The third-order valence-electron chi connectivity index (χ3n) is 2.21. The lowest BCUT2D eigenvalue weighted by atomic mass is 10.1. The molecule has 78 valence electrons. The minimum Gasteiger partial charge on any atom is -0.308 e. The van der Waals surface area contributed by atoms with E-state index < -0.39 is 0 Å².